The molecule has 2 heterocycles. The van der Waals surface area contributed by atoms with Crippen LogP contribution >= 0.6 is 0 Å². The lowest BCUT2D eigenvalue weighted by Crippen LogP contribution is -2.65. The van der Waals surface area contributed by atoms with Crippen LogP contribution in [0.2, 0.25) is 0 Å². The molecule has 14 nitrogen and oxygen atoms in total. The van der Waals surface area contributed by atoms with E-state index in [-0.39, 0.29) is 12.5 Å². The summed E-state index contributed by atoms with van der Waals surface area (Å²) in [5, 5.41) is 87.5. The zero-order valence-electron chi connectivity index (χ0n) is 53.7. The number of aliphatic hydroxyl groups excluding tert-OH is 8. The zero-order chi connectivity index (χ0) is 60.2. The van der Waals surface area contributed by atoms with E-state index in [0.29, 0.717) is 12.8 Å². The minimum atomic E-state index is -1.78. The van der Waals surface area contributed by atoms with Crippen molar-refractivity contribution in [1.82, 2.24) is 5.32 Å². The van der Waals surface area contributed by atoms with Gasteiger partial charge in [-0.25, -0.2) is 0 Å². The van der Waals surface area contributed by atoms with Crippen LogP contribution in [0.3, 0.4) is 0 Å². The molecule has 12 atom stereocenters. The fraction of sp³-hybridized carbons (Fsp3) is 0.986. The lowest BCUT2D eigenvalue weighted by molar-refractivity contribution is -0.359. The number of hydrogen-bond acceptors (Lipinski definition) is 13. The third-order valence-electron chi connectivity index (χ3n) is 18.1. The predicted octanol–water partition coefficient (Wildman–Crippen LogP) is 14.4. The molecule has 2 aliphatic heterocycles. The number of carbonyl (C=O) groups excluding carboxylic acids is 1. The maximum absolute atomic E-state index is 13.3. The molecule has 0 aliphatic carbocycles. The van der Waals surface area contributed by atoms with Gasteiger partial charge in [-0.1, -0.05) is 322 Å². The van der Waals surface area contributed by atoms with Crippen molar-refractivity contribution in [3.8, 4) is 0 Å². The number of hydrogen-bond donors (Lipinski definition) is 9. The van der Waals surface area contributed by atoms with Crippen molar-refractivity contribution in [2.45, 2.75) is 415 Å². The SMILES string of the molecule is CCCCCCCCCCCCCCCCCCCCCCCCCCCCCCCCCCCC(O)C(COC1OC(CO)C(OC2OC(CO)C(O)C(O)C2O)C(O)C1O)NC(=O)CCCCCCCCCCCCCCCCCC. The molecule has 0 aromatic rings. The van der Waals surface area contributed by atoms with Gasteiger partial charge in [0.2, 0.25) is 5.91 Å². The molecule has 1 amide bonds. The average molecular weight is 1190 g/mol. The Balaban J connectivity index is 1.61. The number of nitrogens with one attached hydrogen (secondary N) is 1. The highest BCUT2D eigenvalue weighted by Crippen LogP contribution is 2.30. The smallest absolute Gasteiger partial charge is 0.220 e. The van der Waals surface area contributed by atoms with Crippen molar-refractivity contribution in [2.24, 2.45) is 0 Å². The molecular weight excluding hydrogens is 1050 g/mol. The number of ether oxygens (including phenoxy) is 4. The van der Waals surface area contributed by atoms with Gasteiger partial charge in [0, 0.05) is 6.42 Å². The number of carbonyl (C=O) groups is 1. The monoisotopic (exact) mass is 1190 g/mol. The summed E-state index contributed by atoms with van der Waals surface area (Å²) < 4.78 is 22.9. The van der Waals surface area contributed by atoms with Crippen LogP contribution < -0.4 is 5.32 Å². The Labute approximate surface area is 508 Å². The van der Waals surface area contributed by atoms with E-state index in [1.165, 1.54) is 263 Å². The van der Waals surface area contributed by atoms with Crippen LogP contribution in [0.25, 0.3) is 0 Å². The Morgan fingerprint density at radius 3 is 1.02 bits per heavy atom. The van der Waals surface area contributed by atoms with Gasteiger partial charge >= 0.3 is 0 Å². The van der Waals surface area contributed by atoms with Crippen molar-refractivity contribution < 1.29 is 64.6 Å². The Morgan fingerprint density at radius 2 is 0.687 bits per heavy atom. The van der Waals surface area contributed by atoms with Crippen molar-refractivity contribution >= 4 is 5.91 Å². The van der Waals surface area contributed by atoms with Gasteiger partial charge in [-0.2, -0.15) is 0 Å². The molecule has 14 heteroatoms. The first-order valence-corrected chi connectivity index (χ1v) is 35.8. The second kappa shape index (κ2) is 55.1. The molecule has 0 bridgehead atoms. The Bertz CT molecular complexity index is 1400. The zero-order valence-corrected chi connectivity index (χ0v) is 53.7. The average Bonchev–Trinajstić information content (AvgIpc) is 3.56. The van der Waals surface area contributed by atoms with E-state index in [1.807, 2.05) is 0 Å². The van der Waals surface area contributed by atoms with E-state index >= 15 is 0 Å². The van der Waals surface area contributed by atoms with E-state index < -0.39 is 86.8 Å². The summed E-state index contributed by atoms with van der Waals surface area (Å²) in [5.74, 6) is -0.199. The Hall–Kier alpha value is -1.01. The van der Waals surface area contributed by atoms with Crippen molar-refractivity contribution in [2.75, 3.05) is 19.8 Å². The van der Waals surface area contributed by atoms with Gasteiger partial charge in [0.05, 0.1) is 32.0 Å². The molecule has 2 saturated heterocycles. The summed E-state index contributed by atoms with van der Waals surface area (Å²) in [6, 6.07) is -0.824. The largest absolute Gasteiger partial charge is 0.394 e. The molecule has 2 fully saturated rings. The molecule has 0 aromatic carbocycles. The minimum Gasteiger partial charge on any atom is -0.394 e. The van der Waals surface area contributed by atoms with E-state index in [0.717, 1.165) is 51.4 Å². The molecule has 0 aromatic heterocycles. The van der Waals surface area contributed by atoms with Gasteiger partial charge in [0.1, 0.15) is 48.8 Å². The first-order chi connectivity index (χ1) is 40.6. The normalized spacial score (nSPS) is 23.7. The standard InChI is InChI=1S/C69H135NO13/c1-3-5-7-9-11-13-15-17-19-21-22-23-24-25-26-27-28-29-30-31-32-33-34-35-36-37-38-40-42-44-46-48-50-52-58(73)57(70-61(74)53-51-49-47-45-43-41-39-20-18-16-14-12-10-8-6-4-2)56-80-68-66(79)64(77)67(60(55-72)82-68)83-69-65(78)63(76)62(75)59(54-71)81-69/h57-60,62-69,71-73,75-79H,3-56H2,1-2H3,(H,70,74). The number of aliphatic hydroxyl groups is 8. The third kappa shape index (κ3) is 39.6. The summed E-state index contributed by atoms with van der Waals surface area (Å²) >= 11 is 0. The second-order valence-corrected chi connectivity index (χ2v) is 25.7. The van der Waals surface area contributed by atoms with Crippen molar-refractivity contribution in [3.05, 3.63) is 0 Å². The quantitative estimate of drug-likeness (QED) is 0.0259. The molecule has 12 unspecified atom stereocenters. The van der Waals surface area contributed by atoms with E-state index in [9.17, 15) is 45.6 Å². The molecule has 2 aliphatic rings. The molecule has 83 heavy (non-hydrogen) atoms. The summed E-state index contributed by atoms with van der Waals surface area (Å²) in [5.41, 5.74) is 0. The van der Waals surface area contributed by atoms with Gasteiger partial charge in [-0.05, 0) is 12.8 Å². The summed E-state index contributed by atoms with van der Waals surface area (Å²) in [6.07, 6.45) is 48.5. The van der Waals surface area contributed by atoms with Gasteiger partial charge in [-0.15, -0.1) is 0 Å². The van der Waals surface area contributed by atoms with Crippen LogP contribution in [0, 0.1) is 0 Å². The predicted molar refractivity (Wildman–Crippen MR) is 337 cm³/mol. The minimum absolute atomic E-state index is 0.199. The van der Waals surface area contributed by atoms with Crippen molar-refractivity contribution in [1.29, 1.82) is 0 Å². The maximum Gasteiger partial charge on any atom is 0.220 e. The van der Waals surface area contributed by atoms with Crippen LogP contribution in [0.1, 0.15) is 341 Å². The summed E-state index contributed by atoms with van der Waals surface area (Å²) in [6.45, 7) is 2.92. The lowest BCUT2D eigenvalue weighted by Gasteiger charge is -2.46. The highest BCUT2D eigenvalue weighted by atomic mass is 16.7. The first-order valence-electron chi connectivity index (χ1n) is 35.8. The van der Waals surface area contributed by atoms with Gasteiger partial charge in [-0.3, -0.25) is 4.79 Å². The van der Waals surface area contributed by atoms with Crippen LogP contribution in [-0.4, -0.2) is 140 Å². The summed E-state index contributed by atoms with van der Waals surface area (Å²) in [4.78, 5) is 13.3. The molecule has 9 N–H and O–H groups in total. The molecule has 0 saturated carbocycles. The topological polar surface area (TPSA) is 228 Å². The van der Waals surface area contributed by atoms with Gasteiger partial charge < -0.3 is 65.1 Å². The summed E-state index contributed by atoms with van der Waals surface area (Å²) in [7, 11) is 0. The Kier molecular flexibility index (Phi) is 51.8. The molecular formula is C69H135NO13. The highest BCUT2D eigenvalue weighted by molar-refractivity contribution is 5.76. The number of unbranched alkanes of at least 4 members (excludes halogenated alkanes) is 47. The van der Waals surface area contributed by atoms with E-state index in [2.05, 4.69) is 19.2 Å². The van der Waals surface area contributed by atoms with E-state index in [4.69, 9.17) is 18.9 Å². The molecule has 0 radical (unpaired) electrons. The van der Waals surface area contributed by atoms with Crippen LogP contribution in [0.5, 0.6) is 0 Å². The first kappa shape index (κ1) is 78.1. The number of amides is 1. The molecule has 494 valence electrons. The van der Waals surface area contributed by atoms with Crippen LogP contribution in [0.4, 0.5) is 0 Å². The van der Waals surface area contributed by atoms with Crippen molar-refractivity contribution in [3.63, 3.8) is 0 Å². The number of rotatable bonds is 60. The van der Waals surface area contributed by atoms with Gasteiger partial charge in [0.25, 0.3) is 0 Å². The fourth-order valence-corrected chi connectivity index (χ4v) is 12.4. The van der Waals surface area contributed by atoms with Gasteiger partial charge in [0.15, 0.2) is 12.6 Å². The Morgan fingerprint density at radius 1 is 0.386 bits per heavy atom. The van der Waals surface area contributed by atoms with Crippen LogP contribution in [0.15, 0.2) is 0 Å². The van der Waals surface area contributed by atoms with Crippen LogP contribution in [-0.2, 0) is 23.7 Å². The third-order valence-corrected chi connectivity index (χ3v) is 18.1. The van der Waals surface area contributed by atoms with E-state index in [1.54, 1.807) is 0 Å². The lowest BCUT2D eigenvalue weighted by atomic mass is 9.97. The second-order valence-electron chi connectivity index (χ2n) is 25.7. The fourth-order valence-electron chi connectivity index (χ4n) is 12.4. The highest BCUT2D eigenvalue weighted by Gasteiger charge is 2.51. The maximum atomic E-state index is 13.3. The molecule has 0 spiro atoms. The molecule has 2 rings (SSSR count).